The molecule has 116 valence electrons. The summed E-state index contributed by atoms with van der Waals surface area (Å²) < 4.78 is 21.4. The molecule has 5 heteroatoms. The molecule has 2 rings (SSSR count). The number of benzene rings is 2. The van der Waals surface area contributed by atoms with E-state index in [1.54, 1.807) is 18.3 Å². The van der Waals surface area contributed by atoms with Gasteiger partial charge in [0.2, 0.25) is 0 Å². The number of hydrogen-bond donors (Lipinski definition) is 0. The molecular formula is C17H18ClNO2S. The molecule has 0 radical (unpaired) electrons. The van der Waals surface area contributed by atoms with E-state index in [-0.39, 0.29) is 4.75 Å². The molecule has 2 aromatic carbocycles. The highest BCUT2D eigenvalue weighted by Gasteiger charge is 2.18. The van der Waals surface area contributed by atoms with Crippen molar-refractivity contribution in [1.29, 1.82) is 0 Å². The third kappa shape index (κ3) is 4.68. The molecule has 3 nitrogen and oxygen atoms in total. The van der Waals surface area contributed by atoms with Gasteiger partial charge in [0.05, 0.1) is 9.77 Å². The third-order valence-corrected chi connectivity index (χ3v) is 4.40. The van der Waals surface area contributed by atoms with E-state index >= 15 is 0 Å². The molecule has 0 heterocycles. The number of rotatable bonds is 4. The zero-order valence-electron chi connectivity index (χ0n) is 12.7. The highest BCUT2D eigenvalue weighted by molar-refractivity contribution is 7.85. The summed E-state index contributed by atoms with van der Waals surface area (Å²) in [5.41, 5.74) is 0.821. The summed E-state index contributed by atoms with van der Waals surface area (Å²) in [5.74, 6) is 1.25. The van der Waals surface area contributed by atoms with Crippen LogP contribution in [-0.2, 0) is 11.0 Å². The van der Waals surface area contributed by atoms with Gasteiger partial charge in [-0.2, -0.15) is 4.40 Å². The second kappa shape index (κ2) is 7.07. The first kappa shape index (κ1) is 16.7. The first-order chi connectivity index (χ1) is 10.4. The fourth-order valence-electron chi connectivity index (χ4n) is 1.58. The number of ether oxygens (including phenoxy) is 1. The van der Waals surface area contributed by atoms with E-state index in [0.717, 1.165) is 5.56 Å². The zero-order valence-corrected chi connectivity index (χ0v) is 14.3. The van der Waals surface area contributed by atoms with Crippen molar-refractivity contribution in [1.82, 2.24) is 0 Å². The smallest absolute Gasteiger partial charge is 0.146 e. The van der Waals surface area contributed by atoms with Crippen LogP contribution in [-0.4, -0.2) is 15.2 Å². The van der Waals surface area contributed by atoms with Crippen LogP contribution in [0.3, 0.4) is 0 Å². The van der Waals surface area contributed by atoms with Crippen molar-refractivity contribution in [2.45, 2.75) is 25.5 Å². The minimum Gasteiger partial charge on any atom is -0.456 e. The standard InChI is InChI=1S/C17H18ClNO2S/c1-17(2,3)22(20)19-12-13-7-6-8-14(11-13)21-16-10-5-4-9-15(16)18/h4-12H,1-3H3/t22-/m1/s1. The van der Waals surface area contributed by atoms with Crippen LogP contribution >= 0.6 is 11.6 Å². The van der Waals surface area contributed by atoms with Crippen LogP contribution in [0.4, 0.5) is 0 Å². The van der Waals surface area contributed by atoms with Crippen molar-refractivity contribution in [2.24, 2.45) is 4.40 Å². The largest absolute Gasteiger partial charge is 0.456 e. The summed E-state index contributed by atoms with van der Waals surface area (Å²) in [6.07, 6.45) is 1.60. The minimum absolute atomic E-state index is 0.373. The number of halogens is 1. The van der Waals surface area contributed by atoms with Crippen molar-refractivity contribution in [3.63, 3.8) is 0 Å². The van der Waals surface area contributed by atoms with Gasteiger partial charge in [0, 0.05) is 6.21 Å². The lowest BCUT2D eigenvalue weighted by molar-refractivity contribution is 0.483. The Hall–Kier alpha value is -1.65. The SMILES string of the molecule is CC(C)(C)[S@@](=O)N=Cc1cccc(Oc2ccccc2Cl)c1. The summed E-state index contributed by atoms with van der Waals surface area (Å²) in [4.78, 5) is 0. The number of nitrogens with zero attached hydrogens (tertiary/aromatic N) is 1. The van der Waals surface area contributed by atoms with Gasteiger partial charge in [-0.1, -0.05) is 35.9 Å². The van der Waals surface area contributed by atoms with E-state index < -0.39 is 11.0 Å². The summed E-state index contributed by atoms with van der Waals surface area (Å²) in [6, 6.07) is 14.7. The lowest BCUT2D eigenvalue weighted by Crippen LogP contribution is -2.19. The number of hydrogen-bond acceptors (Lipinski definition) is 2. The Bertz CT molecular complexity index is 708. The molecule has 2 aromatic rings. The van der Waals surface area contributed by atoms with Crippen LogP contribution in [0, 0.1) is 0 Å². The van der Waals surface area contributed by atoms with Gasteiger partial charge in [-0.3, -0.25) is 0 Å². The molecule has 0 unspecified atom stereocenters. The van der Waals surface area contributed by atoms with Crippen LogP contribution < -0.4 is 4.74 Å². The van der Waals surface area contributed by atoms with Gasteiger partial charge in [-0.05, 0) is 50.6 Å². The number of para-hydroxylation sites is 1. The lowest BCUT2D eigenvalue weighted by atomic mass is 10.2. The van der Waals surface area contributed by atoms with Crippen molar-refractivity contribution in [2.75, 3.05) is 0 Å². The highest BCUT2D eigenvalue weighted by Crippen LogP contribution is 2.28. The van der Waals surface area contributed by atoms with E-state index in [1.165, 1.54) is 0 Å². The minimum atomic E-state index is -1.28. The molecule has 0 bridgehead atoms. The van der Waals surface area contributed by atoms with Gasteiger partial charge in [0.25, 0.3) is 0 Å². The van der Waals surface area contributed by atoms with Gasteiger partial charge in [-0.25, -0.2) is 4.21 Å². The summed E-state index contributed by atoms with van der Waals surface area (Å²) in [7, 11) is -1.28. The van der Waals surface area contributed by atoms with Gasteiger partial charge >= 0.3 is 0 Å². The highest BCUT2D eigenvalue weighted by atomic mass is 35.5. The molecule has 1 atom stereocenters. The van der Waals surface area contributed by atoms with E-state index in [4.69, 9.17) is 16.3 Å². The monoisotopic (exact) mass is 335 g/mol. The van der Waals surface area contributed by atoms with Crippen LogP contribution in [0.5, 0.6) is 11.5 Å². The normalized spacial score (nSPS) is 13.3. The van der Waals surface area contributed by atoms with Gasteiger partial charge in [0.15, 0.2) is 0 Å². The Morgan fingerprint density at radius 3 is 2.55 bits per heavy atom. The molecule has 0 aliphatic rings. The fraction of sp³-hybridized carbons (Fsp3) is 0.235. The predicted octanol–water partition coefficient (Wildman–Crippen LogP) is 5.01. The average Bonchev–Trinajstić information content (AvgIpc) is 2.46. The van der Waals surface area contributed by atoms with Crippen molar-refractivity contribution in [3.8, 4) is 11.5 Å². The molecule has 0 fully saturated rings. The molecule has 0 N–H and O–H groups in total. The van der Waals surface area contributed by atoms with E-state index in [1.807, 2.05) is 57.2 Å². The Labute approximate surface area is 138 Å². The second-order valence-electron chi connectivity index (χ2n) is 5.70. The second-order valence-corrected chi connectivity index (χ2v) is 8.04. The van der Waals surface area contributed by atoms with Gasteiger partial charge < -0.3 is 4.74 Å². The third-order valence-electron chi connectivity index (χ3n) is 2.74. The maximum atomic E-state index is 11.9. The predicted molar refractivity (Wildman–Crippen MR) is 93.5 cm³/mol. The molecule has 0 aliphatic carbocycles. The average molecular weight is 336 g/mol. The molecule has 0 saturated heterocycles. The van der Waals surface area contributed by atoms with Crippen LogP contribution in [0.2, 0.25) is 5.02 Å². The van der Waals surface area contributed by atoms with Crippen molar-refractivity contribution >= 4 is 28.8 Å². The van der Waals surface area contributed by atoms with E-state index in [2.05, 4.69) is 4.40 Å². The Kier molecular flexibility index (Phi) is 5.37. The van der Waals surface area contributed by atoms with Crippen LogP contribution in [0.1, 0.15) is 26.3 Å². The first-order valence-corrected chi connectivity index (χ1v) is 8.33. The summed E-state index contributed by atoms with van der Waals surface area (Å²) in [6.45, 7) is 5.66. The fourth-order valence-corrected chi connectivity index (χ4v) is 2.29. The summed E-state index contributed by atoms with van der Waals surface area (Å²) in [5, 5.41) is 0.551. The molecule has 0 saturated carbocycles. The van der Waals surface area contributed by atoms with Crippen LogP contribution in [0.25, 0.3) is 0 Å². The maximum Gasteiger partial charge on any atom is 0.146 e. The molecule has 0 amide bonds. The van der Waals surface area contributed by atoms with Gasteiger partial charge in [-0.15, -0.1) is 0 Å². The maximum absolute atomic E-state index is 11.9. The Balaban J connectivity index is 2.16. The van der Waals surface area contributed by atoms with E-state index in [0.29, 0.717) is 16.5 Å². The van der Waals surface area contributed by atoms with Crippen LogP contribution in [0.15, 0.2) is 52.9 Å². The zero-order chi connectivity index (χ0) is 16.2. The van der Waals surface area contributed by atoms with Gasteiger partial charge in [0.1, 0.15) is 22.5 Å². The molecule has 22 heavy (non-hydrogen) atoms. The van der Waals surface area contributed by atoms with Crippen molar-refractivity contribution < 1.29 is 8.95 Å². The lowest BCUT2D eigenvalue weighted by Gasteiger charge is -2.12. The summed E-state index contributed by atoms with van der Waals surface area (Å²) >= 11 is 6.08. The molecule has 0 aliphatic heterocycles. The topological polar surface area (TPSA) is 38.7 Å². The van der Waals surface area contributed by atoms with E-state index in [9.17, 15) is 4.21 Å². The Morgan fingerprint density at radius 1 is 1.14 bits per heavy atom. The molecular weight excluding hydrogens is 318 g/mol. The molecule has 0 spiro atoms. The molecule has 0 aromatic heterocycles. The first-order valence-electron chi connectivity index (χ1n) is 6.85. The quantitative estimate of drug-likeness (QED) is 0.736. The Morgan fingerprint density at radius 2 is 1.86 bits per heavy atom. The van der Waals surface area contributed by atoms with Crippen molar-refractivity contribution in [3.05, 3.63) is 59.1 Å².